The molecule has 2 atom stereocenters. The molecule has 0 saturated carbocycles. The van der Waals surface area contributed by atoms with E-state index in [1.807, 2.05) is 19.9 Å². The Morgan fingerprint density at radius 3 is 2.48 bits per heavy atom. The first-order valence-corrected chi connectivity index (χ1v) is 7.70. The molecule has 9 nitrogen and oxygen atoms in total. The smallest absolute Gasteiger partial charge is 0.349 e. The van der Waals surface area contributed by atoms with Crippen LogP contribution in [0, 0.1) is 13.8 Å². The Hall–Kier alpha value is -2.62. The number of hydrogen-bond donors (Lipinski definition) is 4. The van der Waals surface area contributed by atoms with Crippen LogP contribution < -0.4 is 11.2 Å². The van der Waals surface area contributed by atoms with Crippen LogP contribution in [0.5, 0.6) is 0 Å². The molecule has 0 amide bonds. The van der Waals surface area contributed by atoms with Gasteiger partial charge >= 0.3 is 5.69 Å². The summed E-state index contributed by atoms with van der Waals surface area (Å²) in [6.07, 6.45) is -2.69. The normalized spacial score (nSPS) is 14.1. The van der Waals surface area contributed by atoms with E-state index in [1.54, 1.807) is 6.07 Å². The van der Waals surface area contributed by atoms with Gasteiger partial charge in [-0.15, -0.1) is 0 Å². The van der Waals surface area contributed by atoms with Crippen molar-refractivity contribution in [1.29, 1.82) is 0 Å². The van der Waals surface area contributed by atoms with Gasteiger partial charge in [-0.1, -0.05) is 0 Å². The topological polar surface area (TPSA) is 141 Å². The third-order valence-corrected chi connectivity index (χ3v) is 4.23. The predicted molar refractivity (Wildman–Crippen MR) is 89.6 cm³/mol. The van der Waals surface area contributed by atoms with Gasteiger partial charge in [-0.2, -0.15) is 4.98 Å². The summed E-state index contributed by atoms with van der Waals surface area (Å²) in [5.41, 5.74) is 1.42. The Morgan fingerprint density at radius 2 is 1.80 bits per heavy atom. The van der Waals surface area contributed by atoms with Crippen LogP contribution in [0.4, 0.5) is 0 Å². The van der Waals surface area contributed by atoms with E-state index in [1.165, 1.54) is 4.57 Å². The number of rotatable bonds is 4. The van der Waals surface area contributed by atoms with Crippen molar-refractivity contribution in [3.8, 4) is 11.5 Å². The van der Waals surface area contributed by atoms with Gasteiger partial charge in [0.2, 0.25) is 0 Å². The van der Waals surface area contributed by atoms with Gasteiger partial charge in [-0.25, -0.2) is 9.78 Å². The Bertz CT molecular complexity index is 1030. The first-order chi connectivity index (χ1) is 11.8. The lowest BCUT2D eigenvalue weighted by Gasteiger charge is -2.22. The summed E-state index contributed by atoms with van der Waals surface area (Å²) in [5.74, 6) is 0.00805. The summed E-state index contributed by atoms with van der Waals surface area (Å²) < 4.78 is 1.46. The number of benzene rings is 1. The third-order valence-electron chi connectivity index (χ3n) is 4.23. The van der Waals surface area contributed by atoms with E-state index in [0.717, 1.165) is 11.1 Å². The lowest BCUT2D eigenvalue weighted by molar-refractivity contribution is -0.0209. The maximum absolute atomic E-state index is 12.1. The fourth-order valence-electron chi connectivity index (χ4n) is 2.67. The molecule has 2 heterocycles. The standard InChI is InChI=1S/C16H18N4O5/c1-7-3-9-10(4-8(7)2)20(5-11(22)12(23)6-21)14-13(17-9)15(24)19-16(25)18-14/h3-4,11-12,21-23H,5-6H2,1-2H3,(H,19,24,25)/t11-,12-/m1/s1. The average molecular weight is 346 g/mol. The molecule has 0 fully saturated rings. The van der Waals surface area contributed by atoms with Gasteiger partial charge in [0.1, 0.15) is 12.2 Å². The number of hydrogen-bond acceptors (Lipinski definition) is 7. The Kier molecular flexibility index (Phi) is 4.38. The highest BCUT2D eigenvalue weighted by Crippen LogP contribution is 2.24. The quantitative estimate of drug-likeness (QED) is 0.440. The number of aromatic amines is 1. The zero-order chi connectivity index (χ0) is 18.3. The van der Waals surface area contributed by atoms with Crippen LogP contribution in [0.1, 0.15) is 11.1 Å². The van der Waals surface area contributed by atoms with Crippen LogP contribution in [0.2, 0.25) is 0 Å². The third kappa shape index (κ3) is 3.04. The number of H-pyrrole nitrogens is 1. The second-order valence-electron chi connectivity index (χ2n) is 6.01. The van der Waals surface area contributed by atoms with Crippen molar-refractivity contribution >= 4 is 11.0 Å². The minimum absolute atomic E-state index is 0.00805. The van der Waals surface area contributed by atoms with E-state index in [4.69, 9.17) is 5.11 Å². The molecular formula is C16H18N4O5. The number of aliphatic hydroxyl groups is 3. The van der Waals surface area contributed by atoms with E-state index in [2.05, 4.69) is 15.0 Å². The Balaban J connectivity index is 2.37. The van der Waals surface area contributed by atoms with Crippen LogP contribution >= 0.6 is 0 Å². The van der Waals surface area contributed by atoms with Gasteiger partial charge in [0.05, 0.1) is 24.2 Å². The van der Waals surface area contributed by atoms with Crippen molar-refractivity contribution in [2.75, 3.05) is 6.61 Å². The molecule has 2 aliphatic rings. The first-order valence-electron chi connectivity index (χ1n) is 7.70. The van der Waals surface area contributed by atoms with E-state index in [0.29, 0.717) is 11.0 Å². The lowest BCUT2D eigenvalue weighted by atomic mass is 10.1. The maximum Gasteiger partial charge on any atom is 0.349 e. The first kappa shape index (κ1) is 17.2. The number of aromatic nitrogens is 4. The molecule has 0 bridgehead atoms. The number of fused-ring (bicyclic) bond motifs is 2. The molecule has 25 heavy (non-hydrogen) atoms. The van der Waals surface area contributed by atoms with Crippen molar-refractivity contribution in [3.63, 3.8) is 0 Å². The van der Waals surface area contributed by atoms with Crippen molar-refractivity contribution in [2.24, 2.45) is 0 Å². The summed E-state index contributed by atoms with van der Waals surface area (Å²) in [5, 5.41) is 28.8. The number of nitrogens with one attached hydrogen (secondary N) is 1. The van der Waals surface area contributed by atoms with Crippen molar-refractivity contribution in [2.45, 2.75) is 32.6 Å². The van der Waals surface area contributed by atoms with Gasteiger partial charge in [0.15, 0.2) is 11.5 Å². The monoisotopic (exact) mass is 346 g/mol. The average Bonchev–Trinajstić information content (AvgIpc) is 2.56. The number of aryl methyl sites for hydroxylation is 2. The van der Waals surface area contributed by atoms with Gasteiger partial charge in [-0.05, 0) is 37.1 Å². The fourth-order valence-corrected chi connectivity index (χ4v) is 2.67. The highest BCUT2D eigenvalue weighted by Gasteiger charge is 2.23. The highest BCUT2D eigenvalue weighted by molar-refractivity contribution is 5.81. The van der Waals surface area contributed by atoms with E-state index >= 15 is 0 Å². The van der Waals surface area contributed by atoms with Gasteiger partial charge < -0.3 is 19.9 Å². The summed E-state index contributed by atoms with van der Waals surface area (Å²) in [4.78, 5) is 33.9. The minimum Gasteiger partial charge on any atom is -0.394 e. The molecule has 4 N–H and O–H groups in total. The number of nitrogens with zero attached hydrogens (tertiary/aromatic N) is 3. The van der Waals surface area contributed by atoms with Crippen molar-refractivity contribution in [3.05, 3.63) is 44.1 Å². The van der Waals surface area contributed by atoms with E-state index < -0.39 is 30.1 Å². The SMILES string of the molecule is Cc1cc2nc3c(=O)[nH]c(=O)nc-3n(C[C@@H](O)[C@H](O)CO)c2cc1C. The molecule has 0 spiro atoms. The fraction of sp³-hybridized carbons (Fsp3) is 0.375. The molecule has 9 heteroatoms. The molecule has 0 aromatic heterocycles. The summed E-state index contributed by atoms with van der Waals surface area (Å²) in [6, 6.07) is 3.60. The molecule has 3 rings (SSSR count). The van der Waals surface area contributed by atoms with Crippen molar-refractivity contribution in [1.82, 2.24) is 19.5 Å². The summed E-state index contributed by atoms with van der Waals surface area (Å²) in [6.45, 7) is 3.00. The van der Waals surface area contributed by atoms with E-state index in [-0.39, 0.29) is 18.1 Å². The molecule has 1 aromatic carbocycles. The minimum atomic E-state index is -1.37. The van der Waals surface area contributed by atoms with Crippen LogP contribution in [-0.4, -0.2) is 53.7 Å². The van der Waals surface area contributed by atoms with Crippen molar-refractivity contribution < 1.29 is 15.3 Å². The molecule has 2 aliphatic heterocycles. The van der Waals surface area contributed by atoms with Crippen LogP contribution in [0.25, 0.3) is 22.6 Å². The second kappa shape index (κ2) is 6.36. The molecule has 0 aliphatic carbocycles. The van der Waals surface area contributed by atoms with Crippen LogP contribution in [0.3, 0.4) is 0 Å². The molecule has 0 radical (unpaired) electrons. The molecule has 0 saturated heterocycles. The van der Waals surface area contributed by atoms with Gasteiger partial charge in [0, 0.05) is 0 Å². The summed E-state index contributed by atoms with van der Waals surface area (Å²) >= 11 is 0. The Labute approximate surface area is 141 Å². The predicted octanol–water partition coefficient (Wildman–Crippen LogP) is -1.08. The molecule has 132 valence electrons. The van der Waals surface area contributed by atoms with Gasteiger partial charge in [-0.3, -0.25) is 9.78 Å². The molecule has 0 unspecified atom stereocenters. The van der Waals surface area contributed by atoms with Crippen LogP contribution in [-0.2, 0) is 6.54 Å². The Morgan fingerprint density at radius 1 is 1.12 bits per heavy atom. The zero-order valence-corrected chi connectivity index (χ0v) is 13.7. The zero-order valence-electron chi connectivity index (χ0n) is 13.7. The van der Waals surface area contributed by atoms with Crippen LogP contribution in [0.15, 0.2) is 21.7 Å². The van der Waals surface area contributed by atoms with Gasteiger partial charge in [0.25, 0.3) is 5.56 Å². The second-order valence-corrected chi connectivity index (χ2v) is 6.01. The van der Waals surface area contributed by atoms with E-state index in [9.17, 15) is 19.8 Å². The highest BCUT2D eigenvalue weighted by atomic mass is 16.4. The molecule has 1 aromatic rings. The maximum atomic E-state index is 12.1. The largest absolute Gasteiger partial charge is 0.394 e. The lowest BCUT2D eigenvalue weighted by Crippen LogP contribution is -2.35. The molecular weight excluding hydrogens is 328 g/mol. The summed E-state index contributed by atoms with van der Waals surface area (Å²) in [7, 11) is 0. The number of aliphatic hydroxyl groups excluding tert-OH is 3.